The van der Waals surface area contributed by atoms with Crippen LogP contribution in [0, 0.1) is 19.8 Å². The third-order valence-electron chi connectivity index (χ3n) is 4.24. The highest BCUT2D eigenvalue weighted by molar-refractivity contribution is 5.93. The molecule has 6 nitrogen and oxygen atoms in total. The van der Waals surface area contributed by atoms with Gasteiger partial charge in [-0.1, -0.05) is 0 Å². The molecule has 1 aliphatic carbocycles. The van der Waals surface area contributed by atoms with Crippen molar-refractivity contribution in [1.82, 2.24) is 15.4 Å². The molecule has 3 rings (SSSR count). The number of H-pyrrole nitrogens is 1. The minimum absolute atomic E-state index is 0.103. The predicted molar refractivity (Wildman–Crippen MR) is 83.1 cm³/mol. The van der Waals surface area contributed by atoms with Gasteiger partial charge in [0, 0.05) is 18.0 Å². The largest absolute Gasteiger partial charge is 0.435 e. The first-order valence-electron chi connectivity index (χ1n) is 7.69. The molecule has 0 saturated carbocycles. The van der Waals surface area contributed by atoms with Crippen molar-refractivity contribution < 1.29 is 18.3 Å². The molecule has 0 fully saturated rings. The fourth-order valence-corrected chi connectivity index (χ4v) is 2.89. The average molecular weight is 336 g/mol. The first kappa shape index (κ1) is 16.4. The highest BCUT2D eigenvalue weighted by atomic mass is 19.3. The summed E-state index contributed by atoms with van der Waals surface area (Å²) in [7, 11) is 0. The highest BCUT2D eigenvalue weighted by Crippen LogP contribution is 2.29. The van der Waals surface area contributed by atoms with Gasteiger partial charge in [0.15, 0.2) is 0 Å². The summed E-state index contributed by atoms with van der Waals surface area (Å²) >= 11 is 0. The number of amides is 1. The molecule has 1 aliphatic rings. The maximum atomic E-state index is 12.5. The molecule has 1 amide bonds. The van der Waals surface area contributed by atoms with Gasteiger partial charge in [-0.2, -0.15) is 24.2 Å². The van der Waals surface area contributed by atoms with Gasteiger partial charge < -0.3 is 10.1 Å². The molecule has 1 aromatic heterocycles. The monoisotopic (exact) mass is 336 g/mol. The van der Waals surface area contributed by atoms with Crippen LogP contribution < -0.4 is 10.1 Å². The molecule has 0 bridgehead atoms. The molecular weight excluding hydrogens is 318 g/mol. The van der Waals surface area contributed by atoms with Crippen LogP contribution in [0.1, 0.15) is 28.9 Å². The molecule has 1 atom stereocenters. The van der Waals surface area contributed by atoms with Crippen molar-refractivity contribution in [2.45, 2.75) is 39.7 Å². The van der Waals surface area contributed by atoms with E-state index in [0.717, 1.165) is 11.4 Å². The Bertz CT molecular complexity index is 761. The average Bonchev–Trinajstić information content (AvgIpc) is 2.99. The molecule has 1 heterocycles. The number of carbonyl (C=O) groups excluding carboxylic acids is 1. The number of halogens is 2. The maximum absolute atomic E-state index is 12.5. The van der Waals surface area contributed by atoms with Crippen molar-refractivity contribution >= 4 is 11.6 Å². The van der Waals surface area contributed by atoms with Gasteiger partial charge in [-0.05, 0) is 49.9 Å². The van der Waals surface area contributed by atoms with Gasteiger partial charge >= 0.3 is 6.61 Å². The number of anilines is 1. The third kappa shape index (κ3) is 3.37. The number of fused-ring (bicyclic) bond motifs is 1. The topological polar surface area (TPSA) is 79.9 Å². The summed E-state index contributed by atoms with van der Waals surface area (Å²) in [4.78, 5) is 12.5. The van der Waals surface area contributed by atoms with Crippen molar-refractivity contribution in [3.8, 4) is 5.75 Å². The number of nitrogens with zero attached hydrogens (tertiary/aromatic N) is 2. The number of aryl methyl sites for hydroxylation is 3. The zero-order valence-electron chi connectivity index (χ0n) is 13.4. The molecule has 0 spiro atoms. The summed E-state index contributed by atoms with van der Waals surface area (Å²) in [6.07, 6.45) is 1.96. The summed E-state index contributed by atoms with van der Waals surface area (Å²) in [5, 5.41) is 13.6. The number of aromatic nitrogens is 3. The van der Waals surface area contributed by atoms with Crippen molar-refractivity contribution in [2.24, 2.45) is 5.92 Å². The molecule has 8 heteroatoms. The molecule has 1 aromatic carbocycles. The Labute approximate surface area is 137 Å². The van der Waals surface area contributed by atoms with E-state index in [0.29, 0.717) is 36.1 Å². The van der Waals surface area contributed by atoms with E-state index >= 15 is 0 Å². The number of benzene rings is 1. The van der Waals surface area contributed by atoms with E-state index in [4.69, 9.17) is 0 Å². The number of carbonyl (C=O) groups is 1. The Balaban J connectivity index is 1.72. The third-order valence-corrected chi connectivity index (χ3v) is 4.24. The van der Waals surface area contributed by atoms with Crippen LogP contribution in [0.15, 0.2) is 12.1 Å². The van der Waals surface area contributed by atoms with Crippen LogP contribution in [0.5, 0.6) is 5.75 Å². The zero-order valence-corrected chi connectivity index (χ0v) is 13.4. The van der Waals surface area contributed by atoms with Gasteiger partial charge in [0.1, 0.15) is 5.75 Å². The van der Waals surface area contributed by atoms with Crippen molar-refractivity contribution in [3.05, 3.63) is 34.6 Å². The minimum Gasteiger partial charge on any atom is -0.435 e. The highest BCUT2D eigenvalue weighted by Gasteiger charge is 2.27. The summed E-state index contributed by atoms with van der Waals surface area (Å²) in [5.74, 6) is -0.168. The Morgan fingerprint density at radius 3 is 2.79 bits per heavy atom. The first-order chi connectivity index (χ1) is 11.4. The number of rotatable bonds is 4. The lowest BCUT2D eigenvalue weighted by atomic mass is 9.89. The minimum atomic E-state index is -2.87. The molecule has 2 aromatic rings. The molecule has 0 aliphatic heterocycles. The number of alkyl halides is 2. The summed E-state index contributed by atoms with van der Waals surface area (Å²) < 4.78 is 29.2. The molecule has 0 saturated heterocycles. The molecule has 128 valence electrons. The van der Waals surface area contributed by atoms with Crippen LogP contribution in [0.2, 0.25) is 0 Å². The SMILES string of the molecule is Cc1cc(OC(F)F)c(C)cc1NC(=O)C1CCc2n[nH]nc2C1. The fraction of sp³-hybridized carbons (Fsp3) is 0.438. The van der Waals surface area contributed by atoms with Crippen LogP contribution in [0.4, 0.5) is 14.5 Å². The van der Waals surface area contributed by atoms with Gasteiger partial charge in [0.25, 0.3) is 0 Å². The second-order valence-corrected chi connectivity index (χ2v) is 5.96. The van der Waals surface area contributed by atoms with Gasteiger partial charge in [-0.15, -0.1) is 0 Å². The summed E-state index contributed by atoms with van der Waals surface area (Å²) in [6.45, 7) is 0.529. The molecule has 1 unspecified atom stereocenters. The van der Waals surface area contributed by atoms with Crippen molar-refractivity contribution in [3.63, 3.8) is 0 Å². The summed E-state index contributed by atoms with van der Waals surface area (Å²) in [5.41, 5.74) is 3.56. The number of ether oxygens (including phenoxy) is 1. The van der Waals surface area contributed by atoms with Crippen molar-refractivity contribution in [2.75, 3.05) is 5.32 Å². The van der Waals surface area contributed by atoms with Gasteiger partial charge in [0.05, 0.1) is 11.4 Å². The predicted octanol–water partition coefficient (Wildman–Crippen LogP) is 2.77. The molecule has 24 heavy (non-hydrogen) atoms. The first-order valence-corrected chi connectivity index (χ1v) is 7.69. The van der Waals surface area contributed by atoms with Gasteiger partial charge in [-0.3, -0.25) is 4.79 Å². The van der Waals surface area contributed by atoms with E-state index in [9.17, 15) is 13.6 Å². The number of nitrogens with one attached hydrogen (secondary N) is 2. The standard InChI is InChI=1S/C16H18F2N4O2/c1-8-6-14(24-16(17)18)9(2)5-12(8)19-15(23)10-3-4-11-13(7-10)21-22-20-11/h5-6,10,16H,3-4,7H2,1-2H3,(H,19,23)(H,20,21,22). The van der Waals surface area contributed by atoms with Crippen molar-refractivity contribution in [1.29, 1.82) is 0 Å². The Morgan fingerprint density at radius 2 is 2.04 bits per heavy atom. The van der Waals surface area contributed by atoms with E-state index < -0.39 is 6.61 Å². The molecular formula is C16H18F2N4O2. The summed E-state index contributed by atoms with van der Waals surface area (Å²) in [6, 6.07) is 3.16. The van der Waals surface area contributed by atoms with Gasteiger partial charge in [-0.25, -0.2) is 0 Å². The maximum Gasteiger partial charge on any atom is 0.387 e. The van der Waals surface area contributed by atoms with Crippen LogP contribution in [-0.2, 0) is 17.6 Å². The Hall–Kier alpha value is -2.51. The van der Waals surface area contributed by atoms with Crippen LogP contribution in [0.3, 0.4) is 0 Å². The number of hydrogen-bond donors (Lipinski definition) is 2. The van der Waals surface area contributed by atoms with Crippen LogP contribution in [0.25, 0.3) is 0 Å². The zero-order chi connectivity index (χ0) is 17.3. The lowest BCUT2D eigenvalue weighted by Gasteiger charge is -2.21. The van der Waals surface area contributed by atoms with E-state index in [1.165, 1.54) is 6.07 Å². The quantitative estimate of drug-likeness (QED) is 0.900. The fourth-order valence-electron chi connectivity index (χ4n) is 2.89. The number of hydrogen-bond acceptors (Lipinski definition) is 4. The van der Waals surface area contributed by atoms with Crippen LogP contribution >= 0.6 is 0 Å². The normalized spacial score (nSPS) is 16.8. The lowest BCUT2D eigenvalue weighted by Crippen LogP contribution is -2.28. The second-order valence-electron chi connectivity index (χ2n) is 5.96. The number of aromatic amines is 1. The van der Waals surface area contributed by atoms with E-state index in [-0.39, 0.29) is 17.6 Å². The lowest BCUT2D eigenvalue weighted by molar-refractivity contribution is -0.120. The molecule has 2 N–H and O–H groups in total. The Kier molecular flexibility index (Phi) is 4.46. The smallest absolute Gasteiger partial charge is 0.387 e. The Morgan fingerprint density at radius 1 is 1.29 bits per heavy atom. The second kappa shape index (κ2) is 6.54. The van der Waals surface area contributed by atoms with E-state index in [1.54, 1.807) is 19.9 Å². The van der Waals surface area contributed by atoms with E-state index in [2.05, 4.69) is 25.5 Å². The molecule has 0 radical (unpaired) electrons. The van der Waals surface area contributed by atoms with Crippen LogP contribution in [-0.4, -0.2) is 27.9 Å². The van der Waals surface area contributed by atoms with Gasteiger partial charge in [0.2, 0.25) is 5.91 Å². The van der Waals surface area contributed by atoms with E-state index in [1.807, 2.05) is 0 Å².